The van der Waals surface area contributed by atoms with Crippen LogP contribution >= 0.6 is 24.2 Å². The first-order chi connectivity index (χ1) is 10.2. The molecule has 1 aromatic carbocycles. The molecule has 2 aliphatic rings. The highest BCUT2D eigenvalue weighted by molar-refractivity contribution is 7.99. The summed E-state index contributed by atoms with van der Waals surface area (Å²) in [4.78, 5) is 13.2. The molecular formula is C15H20ClFN2O2S. The SMILES string of the molecule is Cl.O=C(CC1CNCCO1)NC1CCSc2ccc(F)cc21. The van der Waals surface area contributed by atoms with E-state index >= 15 is 0 Å². The van der Waals surface area contributed by atoms with Crippen molar-refractivity contribution in [1.82, 2.24) is 10.6 Å². The predicted octanol–water partition coefficient (Wildman–Crippen LogP) is 2.28. The van der Waals surface area contributed by atoms with Gasteiger partial charge in [0.05, 0.1) is 25.2 Å². The zero-order valence-electron chi connectivity index (χ0n) is 12.1. The molecule has 2 aliphatic heterocycles. The molecule has 0 aromatic heterocycles. The molecule has 1 fully saturated rings. The number of hydrogen-bond acceptors (Lipinski definition) is 4. The van der Waals surface area contributed by atoms with Crippen molar-refractivity contribution in [3.8, 4) is 0 Å². The highest BCUT2D eigenvalue weighted by atomic mass is 35.5. The Morgan fingerprint density at radius 1 is 1.50 bits per heavy atom. The lowest BCUT2D eigenvalue weighted by Gasteiger charge is -2.28. The number of fused-ring (bicyclic) bond motifs is 1. The van der Waals surface area contributed by atoms with E-state index < -0.39 is 0 Å². The van der Waals surface area contributed by atoms with Gasteiger partial charge in [-0.05, 0) is 30.2 Å². The first kappa shape index (κ1) is 17.5. The van der Waals surface area contributed by atoms with Gasteiger partial charge in [0, 0.05) is 23.7 Å². The summed E-state index contributed by atoms with van der Waals surface area (Å²) in [7, 11) is 0. The average Bonchev–Trinajstić information content (AvgIpc) is 2.49. The van der Waals surface area contributed by atoms with Gasteiger partial charge in [-0.25, -0.2) is 4.39 Å². The van der Waals surface area contributed by atoms with Crippen LogP contribution in [-0.4, -0.2) is 37.5 Å². The van der Waals surface area contributed by atoms with Crippen LogP contribution in [0.4, 0.5) is 4.39 Å². The Kier molecular flexibility index (Phi) is 6.50. The van der Waals surface area contributed by atoms with E-state index in [0.29, 0.717) is 19.6 Å². The molecular weight excluding hydrogens is 327 g/mol. The first-order valence-electron chi connectivity index (χ1n) is 7.26. The second-order valence-electron chi connectivity index (χ2n) is 5.34. The van der Waals surface area contributed by atoms with Crippen LogP contribution in [-0.2, 0) is 9.53 Å². The summed E-state index contributed by atoms with van der Waals surface area (Å²) in [5.41, 5.74) is 0.891. The lowest BCUT2D eigenvalue weighted by molar-refractivity contribution is -0.125. The van der Waals surface area contributed by atoms with Crippen LogP contribution < -0.4 is 10.6 Å². The monoisotopic (exact) mass is 346 g/mol. The maximum atomic E-state index is 13.4. The maximum absolute atomic E-state index is 13.4. The Hall–Kier alpha value is -0.820. The summed E-state index contributed by atoms with van der Waals surface area (Å²) in [5.74, 6) is 0.650. The number of benzene rings is 1. The molecule has 0 bridgehead atoms. The molecule has 2 N–H and O–H groups in total. The average molecular weight is 347 g/mol. The van der Waals surface area contributed by atoms with Crippen molar-refractivity contribution < 1.29 is 13.9 Å². The Balaban J connectivity index is 0.00000176. The van der Waals surface area contributed by atoms with E-state index in [0.717, 1.165) is 29.2 Å². The highest BCUT2D eigenvalue weighted by Gasteiger charge is 2.24. The minimum absolute atomic E-state index is 0. The van der Waals surface area contributed by atoms with Crippen molar-refractivity contribution in [3.05, 3.63) is 29.6 Å². The lowest BCUT2D eigenvalue weighted by atomic mass is 10.0. The molecule has 0 radical (unpaired) electrons. The standard InChI is InChI=1S/C15H19FN2O2S.ClH/c16-10-1-2-14-12(7-10)13(3-6-21-14)18-15(19)8-11-9-17-4-5-20-11;/h1-2,7,11,13,17H,3-6,8-9H2,(H,18,19);1H. The van der Waals surface area contributed by atoms with Crippen molar-refractivity contribution in [2.75, 3.05) is 25.4 Å². The minimum atomic E-state index is -0.254. The van der Waals surface area contributed by atoms with Gasteiger partial charge in [-0.2, -0.15) is 0 Å². The largest absolute Gasteiger partial charge is 0.375 e. The fourth-order valence-electron chi connectivity index (χ4n) is 2.73. The normalized spacial score (nSPS) is 24.0. The summed E-state index contributed by atoms with van der Waals surface area (Å²) in [5, 5.41) is 6.23. The molecule has 7 heteroatoms. The number of morpholine rings is 1. The first-order valence-corrected chi connectivity index (χ1v) is 8.25. The van der Waals surface area contributed by atoms with Crippen LogP contribution in [0.25, 0.3) is 0 Å². The Bertz CT molecular complexity index is 526. The van der Waals surface area contributed by atoms with E-state index in [-0.39, 0.29) is 36.3 Å². The second-order valence-corrected chi connectivity index (χ2v) is 6.48. The third-order valence-electron chi connectivity index (χ3n) is 3.76. The van der Waals surface area contributed by atoms with Gasteiger partial charge in [0.1, 0.15) is 5.82 Å². The van der Waals surface area contributed by atoms with Gasteiger partial charge in [0.2, 0.25) is 5.91 Å². The minimum Gasteiger partial charge on any atom is -0.375 e. The number of hydrogen-bond donors (Lipinski definition) is 2. The fraction of sp³-hybridized carbons (Fsp3) is 0.533. The van der Waals surface area contributed by atoms with Gasteiger partial charge >= 0.3 is 0 Å². The van der Waals surface area contributed by atoms with E-state index in [1.165, 1.54) is 12.1 Å². The Morgan fingerprint density at radius 3 is 3.14 bits per heavy atom. The molecule has 22 heavy (non-hydrogen) atoms. The van der Waals surface area contributed by atoms with Gasteiger partial charge in [-0.15, -0.1) is 24.2 Å². The number of thioether (sulfide) groups is 1. The molecule has 122 valence electrons. The zero-order chi connectivity index (χ0) is 14.7. The summed E-state index contributed by atoms with van der Waals surface area (Å²) in [6, 6.07) is 4.70. The number of ether oxygens (including phenoxy) is 1. The lowest BCUT2D eigenvalue weighted by Crippen LogP contribution is -2.42. The van der Waals surface area contributed by atoms with E-state index in [1.54, 1.807) is 17.8 Å². The van der Waals surface area contributed by atoms with Crippen molar-refractivity contribution in [3.63, 3.8) is 0 Å². The summed E-state index contributed by atoms with van der Waals surface area (Å²) < 4.78 is 19.0. The fourth-order valence-corrected chi connectivity index (χ4v) is 3.83. The molecule has 0 aliphatic carbocycles. The molecule has 0 saturated carbocycles. The van der Waals surface area contributed by atoms with Crippen molar-refractivity contribution >= 4 is 30.1 Å². The Labute approximate surface area is 140 Å². The number of nitrogens with one attached hydrogen (secondary N) is 2. The van der Waals surface area contributed by atoms with E-state index in [1.807, 2.05) is 0 Å². The van der Waals surface area contributed by atoms with Gasteiger partial charge in [-0.1, -0.05) is 0 Å². The van der Waals surface area contributed by atoms with Crippen molar-refractivity contribution in [1.29, 1.82) is 0 Å². The topological polar surface area (TPSA) is 50.4 Å². The highest BCUT2D eigenvalue weighted by Crippen LogP contribution is 2.36. The van der Waals surface area contributed by atoms with Crippen LogP contribution in [0.2, 0.25) is 0 Å². The number of amides is 1. The van der Waals surface area contributed by atoms with E-state index in [4.69, 9.17) is 4.74 Å². The van der Waals surface area contributed by atoms with Gasteiger partial charge < -0.3 is 15.4 Å². The number of carbonyl (C=O) groups is 1. The predicted molar refractivity (Wildman–Crippen MR) is 87.1 cm³/mol. The molecule has 4 nitrogen and oxygen atoms in total. The van der Waals surface area contributed by atoms with Gasteiger partial charge in [-0.3, -0.25) is 4.79 Å². The molecule has 0 spiro atoms. The molecule has 2 unspecified atom stereocenters. The summed E-state index contributed by atoms with van der Waals surface area (Å²) in [6.45, 7) is 2.19. The van der Waals surface area contributed by atoms with E-state index in [2.05, 4.69) is 10.6 Å². The maximum Gasteiger partial charge on any atom is 0.223 e. The molecule has 2 heterocycles. The summed E-state index contributed by atoms with van der Waals surface area (Å²) in [6.07, 6.45) is 1.11. The smallest absolute Gasteiger partial charge is 0.223 e. The van der Waals surface area contributed by atoms with Gasteiger partial charge in [0.25, 0.3) is 0 Å². The number of halogens is 2. The summed E-state index contributed by atoms with van der Waals surface area (Å²) >= 11 is 1.71. The van der Waals surface area contributed by atoms with Gasteiger partial charge in [0.15, 0.2) is 0 Å². The molecule has 2 atom stereocenters. The number of carbonyl (C=O) groups excluding carboxylic acids is 1. The molecule has 1 aromatic rings. The van der Waals surface area contributed by atoms with Crippen LogP contribution in [0, 0.1) is 5.82 Å². The van der Waals surface area contributed by atoms with E-state index in [9.17, 15) is 9.18 Å². The second kappa shape index (κ2) is 8.15. The van der Waals surface area contributed by atoms with Crippen LogP contribution in [0.15, 0.2) is 23.1 Å². The molecule has 1 amide bonds. The van der Waals surface area contributed by atoms with Crippen LogP contribution in [0.1, 0.15) is 24.4 Å². The van der Waals surface area contributed by atoms with Crippen molar-refractivity contribution in [2.24, 2.45) is 0 Å². The Morgan fingerprint density at radius 2 is 2.36 bits per heavy atom. The van der Waals surface area contributed by atoms with Crippen LogP contribution in [0.3, 0.4) is 0 Å². The molecule has 1 saturated heterocycles. The zero-order valence-corrected chi connectivity index (χ0v) is 13.8. The number of rotatable bonds is 3. The third kappa shape index (κ3) is 4.35. The van der Waals surface area contributed by atoms with Crippen molar-refractivity contribution in [2.45, 2.75) is 29.9 Å². The molecule has 3 rings (SSSR count). The third-order valence-corrected chi connectivity index (χ3v) is 4.89. The quantitative estimate of drug-likeness (QED) is 0.881. The van der Waals surface area contributed by atoms with Crippen LogP contribution in [0.5, 0.6) is 0 Å².